The van der Waals surface area contributed by atoms with Gasteiger partial charge in [-0.1, -0.05) is 28.1 Å². The van der Waals surface area contributed by atoms with Crippen LogP contribution in [-0.2, 0) is 27.2 Å². The quantitative estimate of drug-likeness (QED) is 0.157. The van der Waals surface area contributed by atoms with Gasteiger partial charge in [0.1, 0.15) is 17.8 Å². The molecule has 5 N–H and O–H groups in total. The van der Waals surface area contributed by atoms with Gasteiger partial charge in [0.05, 0.1) is 8.95 Å². The fraction of sp³-hybridized carbons (Fsp3) is 0.412. The minimum absolute atomic E-state index is 0.0429. The van der Waals surface area contributed by atoms with Crippen molar-refractivity contribution in [1.29, 1.82) is 0 Å². The van der Waals surface area contributed by atoms with Crippen molar-refractivity contribution in [3.05, 3.63) is 85.5 Å². The standard InChI is InChI=1S/C34H41Br3N6O4/c35-25-9-7-23(8-10-25)4-3-6-31(44)40-30(22-24-20-27(36)32(45)28(37)21-24)33(46)41-29(5-1-2-13-38)34(47)43-18-16-42(17-19-43)26-11-14-39-15-12-26/h7-12,14-15,20-21,29-30,45H,1-6,13,16-19,22,38H2,(H,40,44)(H,41,46)/t29-,30-/m0/s1. The van der Waals surface area contributed by atoms with Crippen molar-refractivity contribution in [2.45, 2.75) is 57.0 Å². The van der Waals surface area contributed by atoms with E-state index < -0.39 is 18.0 Å². The van der Waals surface area contributed by atoms with Gasteiger partial charge in [-0.05, 0) is 118 Å². The highest BCUT2D eigenvalue weighted by Gasteiger charge is 2.31. The average Bonchev–Trinajstić information content (AvgIpc) is 3.07. The molecule has 1 fully saturated rings. The molecule has 1 aromatic heterocycles. The minimum atomic E-state index is -0.938. The summed E-state index contributed by atoms with van der Waals surface area (Å²) in [5, 5.41) is 16.1. The van der Waals surface area contributed by atoms with Crippen LogP contribution in [-0.4, -0.2) is 77.5 Å². The molecule has 0 radical (unpaired) electrons. The first-order chi connectivity index (χ1) is 22.6. The zero-order valence-corrected chi connectivity index (χ0v) is 30.9. The summed E-state index contributed by atoms with van der Waals surface area (Å²) in [4.78, 5) is 49.0. The van der Waals surface area contributed by atoms with Crippen molar-refractivity contribution in [2.75, 3.05) is 37.6 Å². The van der Waals surface area contributed by atoms with E-state index in [0.717, 1.165) is 34.1 Å². The molecular weight excluding hydrogens is 796 g/mol. The Bertz CT molecular complexity index is 1460. The number of hydrogen-bond acceptors (Lipinski definition) is 7. The number of piperazine rings is 1. The highest BCUT2D eigenvalue weighted by molar-refractivity contribution is 9.11. The maximum atomic E-state index is 13.9. The molecule has 2 heterocycles. The number of rotatable bonds is 15. The molecule has 1 aliphatic heterocycles. The molecule has 3 amide bonds. The lowest BCUT2D eigenvalue weighted by Gasteiger charge is -2.37. The number of aromatic nitrogens is 1. The number of carbonyl (C=O) groups is 3. The van der Waals surface area contributed by atoms with E-state index in [9.17, 15) is 19.5 Å². The largest absolute Gasteiger partial charge is 0.506 e. The second kappa shape index (κ2) is 18.5. The first-order valence-electron chi connectivity index (χ1n) is 15.8. The molecule has 0 saturated carbocycles. The third-order valence-electron chi connectivity index (χ3n) is 8.13. The first-order valence-corrected chi connectivity index (χ1v) is 18.2. The highest BCUT2D eigenvalue weighted by Crippen LogP contribution is 2.33. The first kappa shape index (κ1) is 36.8. The molecule has 252 valence electrons. The zero-order valence-electron chi connectivity index (χ0n) is 26.1. The van der Waals surface area contributed by atoms with Gasteiger partial charge >= 0.3 is 0 Å². The van der Waals surface area contributed by atoms with Gasteiger partial charge in [0.2, 0.25) is 17.7 Å². The predicted octanol–water partition coefficient (Wildman–Crippen LogP) is 5.09. The second-order valence-electron chi connectivity index (χ2n) is 11.6. The summed E-state index contributed by atoms with van der Waals surface area (Å²) in [7, 11) is 0. The van der Waals surface area contributed by atoms with Gasteiger partial charge in [0.25, 0.3) is 0 Å². The monoisotopic (exact) mass is 834 g/mol. The van der Waals surface area contributed by atoms with Gasteiger partial charge in [-0.2, -0.15) is 0 Å². The van der Waals surface area contributed by atoms with Gasteiger partial charge < -0.3 is 31.3 Å². The summed E-state index contributed by atoms with van der Waals surface area (Å²) < 4.78 is 1.91. The van der Waals surface area contributed by atoms with Crippen molar-refractivity contribution in [3.63, 3.8) is 0 Å². The maximum Gasteiger partial charge on any atom is 0.245 e. The number of pyridine rings is 1. The molecule has 10 nitrogen and oxygen atoms in total. The molecule has 2 aromatic carbocycles. The Morgan fingerprint density at radius 3 is 2.15 bits per heavy atom. The van der Waals surface area contributed by atoms with Gasteiger partial charge in [-0.25, -0.2) is 0 Å². The number of nitrogens with two attached hydrogens (primary N) is 1. The number of aromatic hydroxyl groups is 1. The Morgan fingerprint density at radius 2 is 1.51 bits per heavy atom. The van der Waals surface area contributed by atoms with Crippen LogP contribution in [0.5, 0.6) is 5.75 Å². The van der Waals surface area contributed by atoms with Gasteiger partial charge in [-0.3, -0.25) is 19.4 Å². The molecule has 0 bridgehead atoms. The molecule has 1 aliphatic rings. The zero-order chi connectivity index (χ0) is 33.8. The van der Waals surface area contributed by atoms with Crippen LogP contribution in [0.1, 0.15) is 43.2 Å². The number of hydrogen-bond donors (Lipinski definition) is 4. The number of carbonyl (C=O) groups excluding carboxylic acids is 3. The Hall–Kier alpha value is -3.00. The summed E-state index contributed by atoms with van der Waals surface area (Å²) in [6.07, 6.45) is 7.09. The second-order valence-corrected chi connectivity index (χ2v) is 14.2. The predicted molar refractivity (Wildman–Crippen MR) is 194 cm³/mol. The van der Waals surface area contributed by atoms with E-state index in [1.807, 2.05) is 36.4 Å². The number of benzene rings is 2. The average molecular weight is 837 g/mol. The molecule has 0 spiro atoms. The van der Waals surface area contributed by atoms with Crippen molar-refractivity contribution >= 4 is 71.2 Å². The molecule has 4 rings (SSSR count). The molecule has 1 saturated heterocycles. The van der Waals surface area contributed by atoms with Crippen molar-refractivity contribution in [1.82, 2.24) is 20.5 Å². The van der Waals surface area contributed by atoms with Crippen LogP contribution in [0, 0.1) is 0 Å². The lowest BCUT2D eigenvalue weighted by molar-refractivity contribution is -0.137. The number of unbranched alkanes of at least 4 members (excludes halogenated alkanes) is 1. The lowest BCUT2D eigenvalue weighted by Crippen LogP contribution is -2.57. The van der Waals surface area contributed by atoms with Crippen molar-refractivity contribution in [2.24, 2.45) is 5.73 Å². The van der Waals surface area contributed by atoms with Crippen molar-refractivity contribution in [3.8, 4) is 5.75 Å². The molecule has 0 unspecified atom stereocenters. The topological polar surface area (TPSA) is 141 Å². The number of phenols is 1. The van der Waals surface area contributed by atoms with Crippen LogP contribution in [0.15, 0.2) is 74.3 Å². The Morgan fingerprint density at radius 1 is 0.851 bits per heavy atom. The summed E-state index contributed by atoms with van der Waals surface area (Å²) in [5.41, 5.74) is 8.64. The Labute approximate surface area is 301 Å². The van der Waals surface area contributed by atoms with Crippen LogP contribution < -0.4 is 21.3 Å². The summed E-state index contributed by atoms with van der Waals surface area (Å²) >= 11 is 10.2. The van der Waals surface area contributed by atoms with Crippen LogP contribution in [0.3, 0.4) is 0 Å². The fourth-order valence-electron chi connectivity index (χ4n) is 5.53. The van der Waals surface area contributed by atoms with Crippen LogP contribution in [0.4, 0.5) is 5.69 Å². The number of amides is 3. The molecule has 0 aliphatic carbocycles. The van der Waals surface area contributed by atoms with Gasteiger partial charge in [-0.15, -0.1) is 0 Å². The van der Waals surface area contributed by atoms with Crippen LogP contribution in [0.2, 0.25) is 0 Å². The highest BCUT2D eigenvalue weighted by atomic mass is 79.9. The van der Waals surface area contributed by atoms with Gasteiger partial charge in [0, 0.05) is 61.6 Å². The molecule has 2 atom stereocenters. The van der Waals surface area contributed by atoms with E-state index in [4.69, 9.17) is 5.73 Å². The van der Waals surface area contributed by atoms with E-state index in [-0.39, 0.29) is 30.4 Å². The number of nitrogens with one attached hydrogen (secondary N) is 2. The third-order valence-corrected chi connectivity index (χ3v) is 9.87. The van der Waals surface area contributed by atoms with E-state index >= 15 is 0 Å². The normalized spacial score (nSPS) is 14.4. The lowest BCUT2D eigenvalue weighted by atomic mass is 10.0. The third kappa shape index (κ3) is 11.3. The SMILES string of the molecule is NCCCC[C@H](NC(=O)[C@H](Cc1cc(Br)c(O)c(Br)c1)NC(=O)CCCc1ccc(Br)cc1)C(=O)N1CCN(c2ccncc2)CC1. The molecule has 13 heteroatoms. The number of aryl methyl sites for hydroxylation is 1. The van der Waals surface area contributed by atoms with E-state index in [1.165, 1.54) is 0 Å². The van der Waals surface area contributed by atoms with Gasteiger partial charge in [0.15, 0.2) is 0 Å². The van der Waals surface area contributed by atoms with Crippen LogP contribution >= 0.6 is 47.8 Å². The van der Waals surface area contributed by atoms with Crippen molar-refractivity contribution < 1.29 is 19.5 Å². The number of halogens is 3. The summed E-state index contributed by atoms with van der Waals surface area (Å²) in [6, 6.07) is 13.6. The molecule has 47 heavy (non-hydrogen) atoms. The summed E-state index contributed by atoms with van der Waals surface area (Å²) in [6.45, 7) is 2.88. The van der Waals surface area contributed by atoms with E-state index in [0.29, 0.717) is 60.9 Å². The fourth-order valence-corrected chi connectivity index (χ4v) is 7.08. The van der Waals surface area contributed by atoms with E-state index in [1.54, 1.807) is 29.4 Å². The Balaban J connectivity index is 1.45. The number of nitrogens with zero attached hydrogens (tertiary/aromatic N) is 3. The van der Waals surface area contributed by atoms with Crippen LogP contribution in [0.25, 0.3) is 0 Å². The number of anilines is 1. The molecular formula is C34H41Br3N6O4. The number of phenolic OH excluding ortho intramolecular Hbond substituents is 1. The molecule has 3 aromatic rings. The summed E-state index contributed by atoms with van der Waals surface area (Å²) in [5.74, 6) is -0.786. The smallest absolute Gasteiger partial charge is 0.245 e. The van der Waals surface area contributed by atoms with E-state index in [2.05, 4.69) is 68.3 Å². The minimum Gasteiger partial charge on any atom is -0.506 e. The maximum absolute atomic E-state index is 13.9. The Kier molecular flexibility index (Phi) is 14.5.